The largest absolute Gasteiger partial charge is 0.497 e. The van der Waals surface area contributed by atoms with Gasteiger partial charge in [-0.15, -0.1) is 0 Å². The van der Waals surface area contributed by atoms with Crippen molar-refractivity contribution >= 4 is 11.9 Å². The zero-order chi connectivity index (χ0) is 17.8. The Bertz CT molecular complexity index is 645. The zero-order valence-electron chi connectivity index (χ0n) is 14.7. The second-order valence-electron chi connectivity index (χ2n) is 6.53. The van der Waals surface area contributed by atoms with E-state index in [1.807, 2.05) is 18.2 Å². The molecule has 1 aliphatic heterocycles. The molecule has 0 radical (unpaired) electrons. The lowest BCUT2D eigenvalue weighted by Crippen LogP contribution is -2.45. The molecule has 1 heterocycles. The maximum atomic E-state index is 12.2. The van der Waals surface area contributed by atoms with Crippen LogP contribution in [-0.2, 0) is 4.79 Å². The van der Waals surface area contributed by atoms with Crippen molar-refractivity contribution in [2.75, 3.05) is 27.3 Å². The Morgan fingerprint density at radius 3 is 2.68 bits per heavy atom. The molecule has 7 nitrogen and oxygen atoms in total. The van der Waals surface area contributed by atoms with Gasteiger partial charge >= 0.3 is 6.03 Å². The third-order valence-corrected chi connectivity index (χ3v) is 4.68. The van der Waals surface area contributed by atoms with Crippen LogP contribution < -0.4 is 20.1 Å². The smallest absolute Gasteiger partial charge is 0.321 e. The number of carbonyl (C=O) groups is 2. The summed E-state index contributed by atoms with van der Waals surface area (Å²) in [5, 5.41) is 5.18. The number of rotatable bonds is 6. The average molecular weight is 347 g/mol. The highest BCUT2D eigenvalue weighted by molar-refractivity contribution is 5.95. The molecule has 7 heteroatoms. The summed E-state index contributed by atoms with van der Waals surface area (Å²) in [7, 11) is 3.25. The highest BCUT2D eigenvalue weighted by Crippen LogP contribution is 2.38. The molecular formula is C18H25N3O4. The van der Waals surface area contributed by atoms with Gasteiger partial charge in [-0.05, 0) is 38.3 Å². The lowest BCUT2D eigenvalue weighted by molar-refractivity contribution is -0.121. The first-order chi connectivity index (χ1) is 12.1. The first-order valence-electron chi connectivity index (χ1n) is 8.67. The van der Waals surface area contributed by atoms with Crippen LogP contribution in [0.15, 0.2) is 18.2 Å². The van der Waals surface area contributed by atoms with E-state index in [0.29, 0.717) is 0 Å². The van der Waals surface area contributed by atoms with Gasteiger partial charge < -0.3 is 14.8 Å². The Balaban J connectivity index is 1.63. The monoisotopic (exact) mass is 347 g/mol. The molecule has 0 unspecified atom stereocenters. The summed E-state index contributed by atoms with van der Waals surface area (Å²) < 4.78 is 10.7. The van der Waals surface area contributed by atoms with Crippen molar-refractivity contribution in [2.24, 2.45) is 0 Å². The highest BCUT2D eigenvalue weighted by atomic mass is 16.5. The minimum Gasteiger partial charge on any atom is -0.497 e. The van der Waals surface area contributed by atoms with Crippen LogP contribution in [0.5, 0.6) is 11.5 Å². The predicted octanol–water partition coefficient (Wildman–Crippen LogP) is 1.83. The van der Waals surface area contributed by atoms with E-state index in [2.05, 4.69) is 15.5 Å². The van der Waals surface area contributed by atoms with Crippen LogP contribution in [0.3, 0.4) is 0 Å². The number of nitrogens with one attached hydrogen (secondary N) is 2. The number of ether oxygens (including phenoxy) is 2. The van der Waals surface area contributed by atoms with Gasteiger partial charge in [-0.25, -0.2) is 4.79 Å². The summed E-state index contributed by atoms with van der Waals surface area (Å²) in [6, 6.07) is 5.67. The standard InChI is InChI=1S/C18H25N3O4/c1-24-13-7-8-14(16(10-13)25-2)15-4-3-9-21(15)11-17(22)20-18(23)19-12-5-6-12/h7-8,10,12,15H,3-6,9,11H2,1-2H3,(H2,19,20,22,23)/t15-/m0/s1. The fraction of sp³-hybridized carbons (Fsp3) is 0.556. The van der Waals surface area contributed by atoms with Crippen molar-refractivity contribution in [1.82, 2.24) is 15.5 Å². The summed E-state index contributed by atoms with van der Waals surface area (Å²) in [6.45, 7) is 1.01. The second-order valence-corrected chi connectivity index (χ2v) is 6.53. The van der Waals surface area contributed by atoms with Crippen LogP contribution in [0, 0.1) is 0 Å². The number of carbonyl (C=O) groups excluding carboxylic acids is 2. The Morgan fingerprint density at radius 2 is 2.00 bits per heavy atom. The van der Waals surface area contributed by atoms with Crippen LogP contribution in [0.4, 0.5) is 4.79 Å². The van der Waals surface area contributed by atoms with Crippen molar-refractivity contribution in [1.29, 1.82) is 0 Å². The van der Waals surface area contributed by atoms with Crippen LogP contribution in [0.2, 0.25) is 0 Å². The van der Waals surface area contributed by atoms with Crippen molar-refractivity contribution in [3.05, 3.63) is 23.8 Å². The maximum absolute atomic E-state index is 12.2. The molecule has 1 aromatic carbocycles. The van der Waals surface area contributed by atoms with E-state index in [0.717, 1.165) is 49.3 Å². The van der Waals surface area contributed by atoms with Gasteiger partial charge in [-0.3, -0.25) is 15.0 Å². The average Bonchev–Trinajstić information content (AvgIpc) is 3.29. The number of amides is 3. The van der Waals surface area contributed by atoms with E-state index in [4.69, 9.17) is 9.47 Å². The zero-order valence-corrected chi connectivity index (χ0v) is 14.7. The quantitative estimate of drug-likeness (QED) is 0.821. The molecule has 2 aliphatic rings. The number of hydrogen-bond acceptors (Lipinski definition) is 5. The molecule has 0 aromatic heterocycles. The molecule has 25 heavy (non-hydrogen) atoms. The fourth-order valence-corrected chi connectivity index (χ4v) is 3.26. The molecule has 0 spiro atoms. The molecule has 3 amide bonds. The van der Waals surface area contributed by atoms with E-state index >= 15 is 0 Å². The van der Waals surface area contributed by atoms with Crippen LogP contribution >= 0.6 is 0 Å². The third kappa shape index (κ3) is 4.42. The number of imide groups is 1. The molecule has 1 saturated heterocycles. The third-order valence-electron chi connectivity index (χ3n) is 4.68. The van der Waals surface area contributed by atoms with Gasteiger partial charge in [0.25, 0.3) is 0 Å². The topological polar surface area (TPSA) is 79.9 Å². The first kappa shape index (κ1) is 17.5. The Labute approximate surface area is 147 Å². The maximum Gasteiger partial charge on any atom is 0.321 e. The van der Waals surface area contributed by atoms with E-state index in [9.17, 15) is 9.59 Å². The summed E-state index contributed by atoms with van der Waals surface area (Å²) in [5.41, 5.74) is 1.04. The number of benzene rings is 1. The van der Waals surface area contributed by atoms with Crippen molar-refractivity contribution < 1.29 is 19.1 Å². The Hall–Kier alpha value is -2.28. The molecular weight excluding hydrogens is 322 g/mol. The van der Waals surface area contributed by atoms with Gasteiger partial charge in [0.15, 0.2) is 0 Å². The number of urea groups is 1. The molecule has 2 N–H and O–H groups in total. The lowest BCUT2D eigenvalue weighted by Gasteiger charge is -2.25. The van der Waals surface area contributed by atoms with Crippen molar-refractivity contribution in [3.63, 3.8) is 0 Å². The molecule has 3 rings (SSSR count). The van der Waals surface area contributed by atoms with Crippen LogP contribution in [0.1, 0.15) is 37.3 Å². The molecule has 0 bridgehead atoms. The first-order valence-corrected chi connectivity index (χ1v) is 8.67. The Kier molecular flexibility index (Phi) is 5.43. The number of hydrogen-bond donors (Lipinski definition) is 2. The fourth-order valence-electron chi connectivity index (χ4n) is 3.26. The van der Waals surface area contributed by atoms with Gasteiger partial charge in [0.05, 0.1) is 20.8 Å². The molecule has 1 aliphatic carbocycles. The van der Waals surface area contributed by atoms with Gasteiger partial charge in [0.1, 0.15) is 11.5 Å². The molecule has 136 valence electrons. The Morgan fingerprint density at radius 1 is 1.20 bits per heavy atom. The minimum absolute atomic E-state index is 0.0955. The van der Waals surface area contributed by atoms with Gasteiger partial charge in [-0.2, -0.15) is 0 Å². The minimum atomic E-state index is -0.398. The van der Waals surface area contributed by atoms with Gasteiger partial charge in [-0.1, -0.05) is 6.07 Å². The van der Waals surface area contributed by atoms with E-state index < -0.39 is 6.03 Å². The highest BCUT2D eigenvalue weighted by Gasteiger charge is 2.30. The van der Waals surface area contributed by atoms with Crippen molar-refractivity contribution in [2.45, 2.75) is 37.8 Å². The summed E-state index contributed by atoms with van der Waals surface area (Å²) >= 11 is 0. The number of methoxy groups -OCH3 is 2. The van der Waals surface area contributed by atoms with Crippen molar-refractivity contribution in [3.8, 4) is 11.5 Å². The van der Waals surface area contributed by atoms with E-state index in [1.54, 1.807) is 14.2 Å². The second kappa shape index (κ2) is 7.74. The summed E-state index contributed by atoms with van der Waals surface area (Å²) in [5.74, 6) is 1.21. The van der Waals surface area contributed by atoms with Gasteiger partial charge in [0.2, 0.25) is 5.91 Å². The number of likely N-dealkylation sites (tertiary alicyclic amines) is 1. The van der Waals surface area contributed by atoms with Crippen LogP contribution in [0.25, 0.3) is 0 Å². The summed E-state index contributed by atoms with van der Waals surface area (Å²) in [6.07, 6.45) is 3.94. The predicted molar refractivity (Wildman–Crippen MR) is 92.8 cm³/mol. The SMILES string of the molecule is COc1ccc([C@@H]2CCCN2CC(=O)NC(=O)NC2CC2)c(OC)c1. The molecule has 1 saturated carbocycles. The number of nitrogens with zero attached hydrogens (tertiary/aromatic N) is 1. The summed E-state index contributed by atoms with van der Waals surface area (Å²) in [4.78, 5) is 26.0. The van der Waals surface area contributed by atoms with E-state index in [1.165, 1.54) is 0 Å². The van der Waals surface area contributed by atoms with E-state index in [-0.39, 0.29) is 24.5 Å². The molecule has 1 atom stereocenters. The molecule has 1 aromatic rings. The van der Waals surface area contributed by atoms with Gasteiger partial charge in [0, 0.05) is 23.7 Å². The molecule has 2 fully saturated rings. The lowest BCUT2D eigenvalue weighted by atomic mass is 10.0. The van der Waals surface area contributed by atoms with Crippen LogP contribution in [-0.4, -0.2) is 50.2 Å². The normalized spacial score (nSPS) is 20.2.